The third-order valence-corrected chi connectivity index (χ3v) is 13.8. The fraction of sp³-hybridized carbons (Fsp3) is 0.0169. The topological polar surface area (TPSA) is 17.4 Å². The molecule has 0 radical (unpaired) electrons. The Labute approximate surface area is 359 Å². The van der Waals surface area contributed by atoms with E-state index in [1.54, 1.807) is 0 Å². The van der Waals surface area contributed by atoms with Crippen LogP contribution in [0, 0.1) is 0 Å². The third kappa shape index (κ3) is 4.44. The number of benzene rings is 10. The summed E-state index contributed by atoms with van der Waals surface area (Å²) >= 11 is 0. The summed E-state index contributed by atoms with van der Waals surface area (Å²) in [5.41, 5.74) is 19.2. The highest BCUT2D eigenvalue weighted by Crippen LogP contribution is 2.63. The van der Waals surface area contributed by atoms with E-state index >= 15 is 0 Å². The molecule has 2 aliphatic carbocycles. The van der Waals surface area contributed by atoms with E-state index in [2.05, 4.69) is 222 Å². The molecule has 0 unspecified atom stereocenters. The van der Waals surface area contributed by atoms with Crippen molar-refractivity contribution in [1.82, 2.24) is 4.57 Å². The lowest BCUT2D eigenvalue weighted by Gasteiger charge is -2.32. The van der Waals surface area contributed by atoms with Crippen LogP contribution in [-0.2, 0) is 5.41 Å². The molecule has 11 aromatic rings. The van der Waals surface area contributed by atoms with Gasteiger partial charge in [-0.2, -0.15) is 0 Å². The van der Waals surface area contributed by atoms with Gasteiger partial charge in [-0.05, 0) is 127 Å². The Morgan fingerprint density at radius 3 is 1.71 bits per heavy atom. The predicted octanol–water partition coefficient (Wildman–Crippen LogP) is 15.5. The molecule has 0 saturated carbocycles. The van der Waals surface area contributed by atoms with Gasteiger partial charge in [-0.25, -0.2) is 0 Å². The van der Waals surface area contributed by atoms with Crippen molar-refractivity contribution in [1.29, 1.82) is 0 Å². The zero-order valence-electron chi connectivity index (χ0n) is 33.6. The van der Waals surface area contributed by atoms with Gasteiger partial charge in [0.05, 0.1) is 22.1 Å². The minimum absolute atomic E-state index is 0.428. The highest BCUT2D eigenvalue weighted by atomic mass is 16.5. The molecule has 10 aromatic carbocycles. The van der Waals surface area contributed by atoms with Crippen molar-refractivity contribution in [3.8, 4) is 50.6 Å². The molecule has 0 atom stereocenters. The number of ether oxygens (including phenoxy) is 1. The summed E-state index contributed by atoms with van der Waals surface area (Å²) < 4.78 is 8.77. The van der Waals surface area contributed by atoms with Crippen LogP contribution in [0.15, 0.2) is 218 Å². The van der Waals surface area contributed by atoms with E-state index in [0.29, 0.717) is 0 Å². The van der Waals surface area contributed by atoms with E-state index in [1.165, 1.54) is 77.1 Å². The molecule has 3 heteroatoms. The molecule has 3 nitrogen and oxygen atoms in total. The molecular formula is C59H36N2O. The minimum Gasteiger partial charge on any atom is -0.453 e. The maximum atomic E-state index is 6.40. The molecule has 62 heavy (non-hydrogen) atoms. The molecule has 2 heterocycles. The summed E-state index contributed by atoms with van der Waals surface area (Å²) in [6, 6.07) is 80.4. The van der Waals surface area contributed by atoms with E-state index < -0.39 is 5.41 Å². The van der Waals surface area contributed by atoms with Crippen molar-refractivity contribution in [2.24, 2.45) is 0 Å². The van der Waals surface area contributed by atoms with Gasteiger partial charge in [-0.15, -0.1) is 0 Å². The van der Waals surface area contributed by atoms with E-state index in [1.807, 2.05) is 6.07 Å². The zero-order chi connectivity index (χ0) is 40.5. The molecular weight excluding hydrogens is 753 g/mol. The Hall–Kier alpha value is -8.14. The number of rotatable bonds is 4. The van der Waals surface area contributed by atoms with Gasteiger partial charge >= 0.3 is 0 Å². The summed E-state index contributed by atoms with van der Waals surface area (Å²) in [7, 11) is 0. The second kappa shape index (κ2) is 12.4. The molecule has 1 aromatic heterocycles. The van der Waals surface area contributed by atoms with Gasteiger partial charge < -0.3 is 14.2 Å². The third-order valence-electron chi connectivity index (χ3n) is 13.8. The molecule has 14 rings (SSSR count). The largest absolute Gasteiger partial charge is 0.453 e. The lowest BCUT2D eigenvalue weighted by molar-refractivity contribution is 0.476. The second-order valence-electron chi connectivity index (χ2n) is 16.8. The van der Waals surface area contributed by atoms with Gasteiger partial charge in [-0.3, -0.25) is 0 Å². The Morgan fingerprint density at radius 1 is 0.371 bits per heavy atom. The fourth-order valence-electron chi connectivity index (χ4n) is 11.2. The number of hydrogen-bond acceptors (Lipinski definition) is 2. The quantitative estimate of drug-likeness (QED) is 0.177. The fourth-order valence-corrected chi connectivity index (χ4v) is 11.2. The molecule has 0 N–H and O–H groups in total. The summed E-state index contributed by atoms with van der Waals surface area (Å²) in [6.45, 7) is 0. The standard InChI is InChI=1S/C59H36N2O/c1-2-13-39-34-42(30-26-37(39)12-1)60(43-31-33-47-46-16-5-8-20-52(46)59(53(47)36-43)50-18-6-3-14-44(50)45-15-4-7-19-51(45)59)41-28-24-38(25-29-41)40-27-32-48-49-17-11-23-57-58(49)61(55(48)35-40)54-21-9-10-22-56(54)62-57/h1-36H. The van der Waals surface area contributed by atoms with Gasteiger partial charge in [0.15, 0.2) is 11.5 Å². The Kier molecular flexibility index (Phi) is 6.76. The van der Waals surface area contributed by atoms with Crippen molar-refractivity contribution in [2.75, 3.05) is 4.90 Å². The smallest absolute Gasteiger partial charge is 0.152 e. The van der Waals surface area contributed by atoms with Crippen LogP contribution in [0.1, 0.15) is 22.3 Å². The highest BCUT2D eigenvalue weighted by molar-refractivity contribution is 6.13. The number of para-hydroxylation sites is 3. The molecule has 0 saturated heterocycles. The van der Waals surface area contributed by atoms with Gasteiger partial charge in [0.2, 0.25) is 0 Å². The van der Waals surface area contributed by atoms with Crippen LogP contribution in [0.3, 0.4) is 0 Å². The van der Waals surface area contributed by atoms with Gasteiger partial charge in [0.25, 0.3) is 0 Å². The first kappa shape index (κ1) is 33.7. The minimum atomic E-state index is -0.428. The molecule has 1 spiro atoms. The average Bonchev–Trinajstić information content (AvgIpc) is 3.94. The summed E-state index contributed by atoms with van der Waals surface area (Å²) in [5, 5.41) is 4.85. The summed E-state index contributed by atoms with van der Waals surface area (Å²) in [6.07, 6.45) is 0. The van der Waals surface area contributed by atoms with Crippen LogP contribution in [-0.4, -0.2) is 4.57 Å². The molecule has 0 amide bonds. The van der Waals surface area contributed by atoms with Crippen molar-refractivity contribution in [2.45, 2.75) is 5.41 Å². The average molecular weight is 789 g/mol. The lowest BCUT2D eigenvalue weighted by atomic mass is 9.70. The Bertz CT molecular complexity index is 3620. The number of nitrogens with zero attached hydrogens (tertiary/aromatic N) is 2. The van der Waals surface area contributed by atoms with Gasteiger partial charge in [0, 0.05) is 27.8 Å². The van der Waals surface area contributed by atoms with Crippen LogP contribution >= 0.6 is 0 Å². The monoisotopic (exact) mass is 788 g/mol. The first-order valence-electron chi connectivity index (χ1n) is 21.4. The SMILES string of the molecule is c1ccc2c(c1)Oc1cccc3c4ccc(-c5ccc(N(c6ccc7c(c6)C6(c8ccccc8-c8ccccc86)c6ccccc6-7)c6ccc7ccccc7c6)cc5)cc4n-2c13. The van der Waals surface area contributed by atoms with Crippen LogP contribution in [0.5, 0.6) is 11.5 Å². The first-order valence-corrected chi connectivity index (χ1v) is 21.4. The maximum absolute atomic E-state index is 6.40. The molecule has 288 valence electrons. The first-order chi connectivity index (χ1) is 30.7. The maximum Gasteiger partial charge on any atom is 0.152 e. The number of hydrogen-bond donors (Lipinski definition) is 0. The molecule has 0 fully saturated rings. The highest BCUT2D eigenvalue weighted by Gasteiger charge is 2.51. The van der Waals surface area contributed by atoms with Gasteiger partial charge in [-0.1, -0.05) is 158 Å². The number of aromatic nitrogens is 1. The molecule has 3 aliphatic rings. The van der Waals surface area contributed by atoms with Crippen molar-refractivity contribution in [3.63, 3.8) is 0 Å². The lowest BCUT2D eigenvalue weighted by Crippen LogP contribution is -2.26. The molecule has 1 aliphatic heterocycles. The summed E-state index contributed by atoms with van der Waals surface area (Å²) in [5.74, 6) is 1.76. The van der Waals surface area contributed by atoms with Crippen molar-refractivity contribution >= 4 is 49.6 Å². The zero-order valence-corrected chi connectivity index (χ0v) is 33.6. The van der Waals surface area contributed by atoms with E-state index in [9.17, 15) is 0 Å². The van der Waals surface area contributed by atoms with E-state index in [0.717, 1.165) is 45.3 Å². The van der Waals surface area contributed by atoms with E-state index in [4.69, 9.17) is 4.74 Å². The van der Waals surface area contributed by atoms with E-state index in [-0.39, 0.29) is 0 Å². The van der Waals surface area contributed by atoms with Crippen LogP contribution in [0.25, 0.3) is 71.6 Å². The number of anilines is 3. The van der Waals surface area contributed by atoms with Crippen LogP contribution < -0.4 is 9.64 Å². The second-order valence-corrected chi connectivity index (χ2v) is 16.8. The summed E-state index contributed by atoms with van der Waals surface area (Å²) in [4.78, 5) is 2.44. The van der Waals surface area contributed by atoms with Crippen molar-refractivity contribution < 1.29 is 4.74 Å². The molecule has 0 bridgehead atoms. The normalized spacial score (nSPS) is 13.4. The Morgan fingerprint density at radius 2 is 0.952 bits per heavy atom. The van der Waals surface area contributed by atoms with Gasteiger partial charge in [0.1, 0.15) is 0 Å². The number of fused-ring (bicyclic) bond motifs is 16. The van der Waals surface area contributed by atoms with Crippen LogP contribution in [0.2, 0.25) is 0 Å². The predicted molar refractivity (Wildman–Crippen MR) is 255 cm³/mol. The van der Waals surface area contributed by atoms with Crippen LogP contribution in [0.4, 0.5) is 17.1 Å². The Balaban J connectivity index is 0.948. The van der Waals surface area contributed by atoms with Crippen molar-refractivity contribution in [3.05, 3.63) is 241 Å².